The van der Waals surface area contributed by atoms with Gasteiger partial charge in [0.05, 0.1) is 17.7 Å². The van der Waals surface area contributed by atoms with Crippen LogP contribution in [0.5, 0.6) is 0 Å². The molecule has 1 N–H and O–H groups in total. The molecule has 1 aromatic rings. The van der Waals surface area contributed by atoms with Gasteiger partial charge in [0.1, 0.15) is 18.9 Å². The fourth-order valence-corrected chi connectivity index (χ4v) is 1.51. The predicted octanol–water partition coefficient (Wildman–Crippen LogP) is 1.76. The topological polar surface area (TPSA) is 101 Å². The van der Waals surface area contributed by atoms with Gasteiger partial charge in [0.25, 0.3) is 0 Å². The van der Waals surface area contributed by atoms with Gasteiger partial charge in [-0.3, -0.25) is 0 Å². The first-order chi connectivity index (χ1) is 8.99. The summed E-state index contributed by atoms with van der Waals surface area (Å²) in [5.74, 6) is -0.657. The van der Waals surface area contributed by atoms with E-state index in [0.717, 1.165) is 0 Å². The molecule has 0 amide bonds. The van der Waals surface area contributed by atoms with Gasteiger partial charge in [0.15, 0.2) is 0 Å². The first kappa shape index (κ1) is 14.5. The number of nitriles is 2. The van der Waals surface area contributed by atoms with E-state index < -0.39 is 5.97 Å². The summed E-state index contributed by atoms with van der Waals surface area (Å²) in [6.07, 6.45) is 0. The average Bonchev–Trinajstić information content (AvgIpc) is 2.37. The van der Waals surface area contributed by atoms with E-state index in [1.165, 1.54) is 17.0 Å². The van der Waals surface area contributed by atoms with Gasteiger partial charge in [0.2, 0.25) is 0 Å². The van der Waals surface area contributed by atoms with E-state index >= 15 is 0 Å². The Morgan fingerprint density at radius 1 is 1.37 bits per heavy atom. The molecule has 0 aliphatic carbocycles. The number of nitrogens with zero attached hydrogens (tertiary/aromatic N) is 4. The molecule has 0 bridgehead atoms. The van der Waals surface area contributed by atoms with Crippen LogP contribution in [0.4, 0.5) is 5.82 Å². The van der Waals surface area contributed by atoms with E-state index in [-0.39, 0.29) is 24.6 Å². The van der Waals surface area contributed by atoms with Gasteiger partial charge in [-0.25, -0.2) is 9.78 Å². The van der Waals surface area contributed by atoms with Crippen molar-refractivity contribution < 1.29 is 9.90 Å². The summed E-state index contributed by atoms with van der Waals surface area (Å²) in [5.41, 5.74) is 0.727. The maximum Gasteiger partial charge on any atom is 0.335 e. The number of carboxylic acids is 1. The molecule has 0 aliphatic heterocycles. The van der Waals surface area contributed by atoms with Crippen LogP contribution in [0.25, 0.3) is 0 Å². The van der Waals surface area contributed by atoms with Crippen LogP contribution in [0.2, 0.25) is 0 Å². The highest BCUT2D eigenvalue weighted by Gasteiger charge is 2.14. The molecule has 0 unspecified atom stereocenters. The molecule has 6 heteroatoms. The Balaban J connectivity index is 3.29. The smallest absolute Gasteiger partial charge is 0.335 e. The molecule has 0 spiro atoms. The van der Waals surface area contributed by atoms with Gasteiger partial charge in [-0.1, -0.05) is 13.8 Å². The van der Waals surface area contributed by atoms with E-state index in [9.17, 15) is 4.79 Å². The van der Waals surface area contributed by atoms with E-state index in [1.54, 1.807) is 0 Å². The summed E-state index contributed by atoms with van der Waals surface area (Å²) in [5, 5.41) is 26.6. The number of aromatic carboxylic acids is 1. The lowest BCUT2D eigenvalue weighted by Crippen LogP contribution is -2.25. The molecule has 0 saturated heterocycles. The fraction of sp³-hybridized carbons (Fsp3) is 0.385. The Kier molecular flexibility index (Phi) is 4.84. The zero-order valence-electron chi connectivity index (χ0n) is 10.8. The quantitative estimate of drug-likeness (QED) is 0.807. The molecule has 0 saturated carbocycles. The number of pyridine rings is 1. The van der Waals surface area contributed by atoms with Gasteiger partial charge >= 0.3 is 5.97 Å². The van der Waals surface area contributed by atoms with E-state index in [1.807, 2.05) is 26.0 Å². The molecule has 1 rings (SSSR count). The van der Waals surface area contributed by atoms with Crippen molar-refractivity contribution in [1.82, 2.24) is 4.98 Å². The second-order valence-electron chi connectivity index (χ2n) is 4.27. The Morgan fingerprint density at radius 3 is 2.37 bits per heavy atom. The Morgan fingerprint density at radius 2 is 1.95 bits per heavy atom. The molecule has 0 fully saturated rings. The van der Waals surface area contributed by atoms with Gasteiger partial charge in [-0.2, -0.15) is 10.5 Å². The summed E-state index contributed by atoms with van der Waals surface area (Å²) in [6.45, 7) is 3.77. The third-order valence-corrected chi connectivity index (χ3v) is 2.52. The molecule has 1 aromatic heterocycles. The van der Waals surface area contributed by atoms with Crippen molar-refractivity contribution in [3.05, 3.63) is 23.4 Å². The molecule has 0 radical (unpaired) electrons. The maximum atomic E-state index is 11.1. The third-order valence-electron chi connectivity index (χ3n) is 2.52. The maximum absolute atomic E-state index is 11.1. The molecule has 6 nitrogen and oxygen atoms in total. The van der Waals surface area contributed by atoms with Crippen molar-refractivity contribution in [3.63, 3.8) is 0 Å². The SMILES string of the molecule is CC(C)c1cc(C(=O)O)cc(N(CC#N)CC#N)n1. The highest BCUT2D eigenvalue weighted by molar-refractivity contribution is 5.88. The van der Waals surface area contributed by atoms with Crippen LogP contribution in [0.1, 0.15) is 35.8 Å². The van der Waals surface area contributed by atoms with Crippen molar-refractivity contribution in [2.75, 3.05) is 18.0 Å². The Labute approximate surface area is 111 Å². The molecular weight excluding hydrogens is 244 g/mol. The van der Waals surface area contributed by atoms with E-state index in [2.05, 4.69) is 4.98 Å². The summed E-state index contributed by atoms with van der Waals surface area (Å²) in [7, 11) is 0. The molecule has 19 heavy (non-hydrogen) atoms. The summed E-state index contributed by atoms with van der Waals surface area (Å²) in [6, 6.07) is 6.76. The molecule has 98 valence electrons. The first-order valence-corrected chi connectivity index (χ1v) is 5.73. The second-order valence-corrected chi connectivity index (χ2v) is 4.27. The number of anilines is 1. The Bertz CT molecular complexity index is 539. The highest BCUT2D eigenvalue weighted by atomic mass is 16.4. The van der Waals surface area contributed by atoms with Crippen LogP contribution in [-0.2, 0) is 0 Å². The van der Waals surface area contributed by atoms with Crippen LogP contribution in [0.3, 0.4) is 0 Å². The second kappa shape index (κ2) is 6.36. The van der Waals surface area contributed by atoms with Crippen LogP contribution in [-0.4, -0.2) is 29.1 Å². The molecule has 1 heterocycles. The van der Waals surface area contributed by atoms with Gasteiger partial charge in [-0.05, 0) is 18.1 Å². The summed E-state index contributed by atoms with van der Waals surface area (Å²) in [4.78, 5) is 16.8. The third kappa shape index (κ3) is 3.68. The number of carboxylic acid groups (broad SMARTS) is 1. The van der Waals surface area contributed by atoms with Crippen molar-refractivity contribution in [2.45, 2.75) is 19.8 Å². The number of carbonyl (C=O) groups is 1. The minimum atomic E-state index is -1.06. The normalized spacial score (nSPS) is 9.74. The van der Waals surface area contributed by atoms with Crippen LogP contribution in [0, 0.1) is 22.7 Å². The van der Waals surface area contributed by atoms with Crippen LogP contribution < -0.4 is 4.90 Å². The zero-order chi connectivity index (χ0) is 14.4. The standard InChI is InChI=1S/C13H14N4O2/c1-9(2)11-7-10(13(18)19)8-12(16-11)17(5-3-14)6-4-15/h7-9H,5-6H2,1-2H3,(H,18,19). The van der Waals surface area contributed by atoms with Crippen molar-refractivity contribution in [2.24, 2.45) is 0 Å². The van der Waals surface area contributed by atoms with Crippen molar-refractivity contribution in [3.8, 4) is 12.1 Å². The first-order valence-electron chi connectivity index (χ1n) is 5.73. The average molecular weight is 258 g/mol. The van der Waals surface area contributed by atoms with Crippen LogP contribution >= 0.6 is 0 Å². The molecule has 0 aromatic carbocycles. The number of aromatic nitrogens is 1. The molecule has 0 aliphatic rings. The van der Waals surface area contributed by atoms with E-state index in [0.29, 0.717) is 11.5 Å². The Hall–Kier alpha value is -2.60. The van der Waals surface area contributed by atoms with Crippen LogP contribution in [0.15, 0.2) is 12.1 Å². The monoisotopic (exact) mass is 258 g/mol. The summed E-state index contributed by atoms with van der Waals surface area (Å²) < 4.78 is 0. The van der Waals surface area contributed by atoms with Gasteiger partial charge in [0, 0.05) is 5.69 Å². The minimum Gasteiger partial charge on any atom is -0.478 e. The minimum absolute atomic E-state index is 0.0127. The van der Waals surface area contributed by atoms with Crippen molar-refractivity contribution >= 4 is 11.8 Å². The largest absolute Gasteiger partial charge is 0.478 e. The lowest BCUT2D eigenvalue weighted by atomic mass is 10.1. The zero-order valence-corrected chi connectivity index (χ0v) is 10.8. The highest BCUT2D eigenvalue weighted by Crippen LogP contribution is 2.20. The van der Waals surface area contributed by atoms with Gasteiger partial charge in [-0.15, -0.1) is 0 Å². The predicted molar refractivity (Wildman–Crippen MR) is 68.7 cm³/mol. The summed E-state index contributed by atoms with van der Waals surface area (Å²) >= 11 is 0. The van der Waals surface area contributed by atoms with Crippen molar-refractivity contribution in [1.29, 1.82) is 10.5 Å². The number of hydrogen-bond donors (Lipinski definition) is 1. The van der Waals surface area contributed by atoms with Gasteiger partial charge < -0.3 is 10.0 Å². The number of hydrogen-bond acceptors (Lipinski definition) is 5. The molecular formula is C13H14N4O2. The molecule has 0 atom stereocenters. The lowest BCUT2D eigenvalue weighted by molar-refractivity contribution is 0.0696. The fourth-order valence-electron chi connectivity index (χ4n) is 1.51. The lowest BCUT2D eigenvalue weighted by Gasteiger charge is -2.19. The number of rotatable bonds is 5. The van der Waals surface area contributed by atoms with E-state index in [4.69, 9.17) is 15.6 Å².